The third-order valence-corrected chi connectivity index (χ3v) is 4.93. The van der Waals surface area contributed by atoms with Crippen molar-refractivity contribution in [2.45, 2.75) is 6.42 Å². The summed E-state index contributed by atoms with van der Waals surface area (Å²) in [4.78, 5) is 25.3. The van der Waals surface area contributed by atoms with Crippen LogP contribution in [0.3, 0.4) is 0 Å². The molecule has 0 saturated heterocycles. The van der Waals surface area contributed by atoms with E-state index >= 15 is 0 Å². The average molecular weight is 416 g/mol. The van der Waals surface area contributed by atoms with Crippen LogP contribution < -0.4 is 5.32 Å². The summed E-state index contributed by atoms with van der Waals surface area (Å²) in [5.74, 6) is 4.56. The van der Waals surface area contributed by atoms with E-state index in [0.717, 1.165) is 5.56 Å². The van der Waals surface area contributed by atoms with Gasteiger partial charge in [-0.3, -0.25) is 9.59 Å². The van der Waals surface area contributed by atoms with Crippen molar-refractivity contribution < 1.29 is 14.0 Å². The molecule has 0 atom stereocenters. The fourth-order valence-corrected chi connectivity index (χ4v) is 3.22. The van der Waals surface area contributed by atoms with Crippen LogP contribution in [0.5, 0.6) is 0 Å². The van der Waals surface area contributed by atoms with Gasteiger partial charge >= 0.3 is 0 Å². The Balaban J connectivity index is 1.62. The number of amides is 1. The molecule has 0 fully saturated rings. The van der Waals surface area contributed by atoms with Crippen LogP contribution in [0, 0.1) is 17.7 Å². The van der Waals surface area contributed by atoms with E-state index in [9.17, 15) is 14.0 Å². The largest absolute Gasteiger partial charge is 0.321 e. The highest BCUT2D eigenvalue weighted by Gasteiger charge is 2.28. The van der Waals surface area contributed by atoms with Crippen molar-refractivity contribution in [3.63, 3.8) is 0 Å². The van der Waals surface area contributed by atoms with E-state index in [0.29, 0.717) is 28.8 Å². The van der Waals surface area contributed by atoms with Gasteiger partial charge in [0.05, 0.1) is 16.3 Å². The molecule has 0 saturated carbocycles. The van der Waals surface area contributed by atoms with Crippen LogP contribution in [-0.4, -0.2) is 11.7 Å². The van der Waals surface area contributed by atoms with Gasteiger partial charge in [0.2, 0.25) is 5.78 Å². The van der Waals surface area contributed by atoms with E-state index in [1.165, 1.54) is 18.2 Å². The molecule has 3 nitrogen and oxygen atoms in total. The number of ketones is 1. The summed E-state index contributed by atoms with van der Waals surface area (Å²) in [6.45, 7) is 0. The number of carbonyl (C=O) groups excluding carboxylic acids is 2. The van der Waals surface area contributed by atoms with Gasteiger partial charge in [-0.25, -0.2) is 4.39 Å². The Morgan fingerprint density at radius 3 is 2.57 bits per heavy atom. The van der Waals surface area contributed by atoms with Crippen molar-refractivity contribution >= 4 is 35.1 Å². The first-order valence-electron chi connectivity index (χ1n) is 9.21. The molecule has 1 N–H and O–H groups in total. The molecule has 3 aromatic carbocycles. The first-order chi connectivity index (χ1) is 14.5. The smallest absolute Gasteiger partial charge is 0.259 e. The molecule has 4 rings (SSSR count). The van der Waals surface area contributed by atoms with E-state index in [2.05, 4.69) is 17.2 Å². The molecule has 1 aliphatic rings. The molecule has 1 amide bonds. The monoisotopic (exact) mass is 415 g/mol. The van der Waals surface area contributed by atoms with Crippen LogP contribution in [0.1, 0.15) is 27.0 Å². The van der Waals surface area contributed by atoms with E-state index in [4.69, 9.17) is 11.6 Å². The zero-order chi connectivity index (χ0) is 21.1. The standard InChI is InChI=1S/C25H15ClFNO2/c26-21-11-9-18(15-22(21)27)14-20-24(29)19-13-17(10-12-23(19)28-25(20)30)8-4-7-16-5-2-1-3-6-16/h1-3,5-6,9-15H,7H2,(H,28,30)/b20-14+. The molecule has 0 aromatic heterocycles. The third kappa shape index (κ3) is 4.17. The number of hydrogen-bond donors (Lipinski definition) is 1. The quantitative estimate of drug-likeness (QED) is 0.351. The first kappa shape index (κ1) is 19.6. The summed E-state index contributed by atoms with van der Waals surface area (Å²) in [5.41, 5.74) is 2.86. The number of carbonyl (C=O) groups is 2. The van der Waals surface area contributed by atoms with E-state index in [1.54, 1.807) is 24.3 Å². The maximum Gasteiger partial charge on any atom is 0.259 e. The van der Waals surface area contributed by atoms with Gasteiger partial charge in [0, 0.05) is 17.5 Å². The van der Waals surface area contributed by atoms with Crippen LogP contribution in [-0.2, 0) is 11.2 Å². The third-order valence-electron chi connectivity index (χ3n) is 4.62. The van der Waals surface area contributed by atoms with Crippen molar-refractivity contribution in [3.8, 4) is 11.8 Å². The fraction of sp³-hybridized carbons (Fsp3) is 0.0400. The Kier molecular flexibility index (Phi) is 5.47. The fourth-order valence-electron chi connectivity index (χ4n) is 3.10. The van der Waals surface area contributed by atoms with E-state index in [-0.39, 0.29) is 10.6 Å². The van der Waals surface area contributed by atoms with Gasteiger partial charge < -0.3 is 5.32 Å². The number of halogens is 2. The second-order valence-corrected chi connectivity index (χ2v) is 7.15. The topological polar surface area (TPSA) is 46.2 Å². The molecule has 5 heteroatoms. The second-order valence-electron chi connectivity index (χ2n) is 6.74. The van der Waals surface area contributed by atoms with Gasteiger partial charge in [-0.1, -0.05) is 59.8 Å². The average Bonchev–Trinajstić information content (AvgIpc) is 2.75. The first-order valence-corrected chi connectivity index (χ1v) is 9.59. The molecule has 0 aliphatic carbocycles. The summed E-state index contributed by atoms with van der Waals surface area (Å²) in [7, 11) is 0. The van der Waals surface area contributed by atoms with Gasteiger partial charge in [0.1, 0.15) is 5.82 Å². The van der Waals surface area contributed by atoms with Crippen LogP contribution in [0.25, 0.3) is 6.08 Å². The molecule has 1 aliphatic heterocycles. The molecule has 0 spiro atoms. The maximum absolute atomic E-state index is 13.7. The van der Waals surface area contributed by atoms with Crippen molar-refractivity contribution in [1.29, 1.82) is 0 Å². The molecule has 0 radical (unpaired) electrons. The normalized spacial score (nSPS) is 14.0. The summed E-state index contributed by atoms with van der Waals surface area (Å²) in [5, 5.41) is 2.67. The van der Waals surface area contributed by atoms with Gasteiger partial charge in [-0.15, -0.1) is 0 Å². The lowest BCUT2D eigenvalue weighted by Crippen LogP contribution is -2.27. The van der Waals surface area contributed by atoms with E-state index < -0.39 is 17.5 Å². The predicted molar refractivity (Wildman–Crippen MR) is 116 cm³/mol. The number of benzene rings is 3. The van der Waals surface area contributed by atoms with Crippen LogP contribution >= 0.6 is 11.6 Å². The van der Waals surface area contributed by atoms with Gasteiger partial charge in [-0.2, -0.15) is 0 Å². The number of Topliss-reactive ketones (excluding diaryl/α,β-unsaturated/α-hetero) is 1. The highest BCUT2D eigenvalue weighted by atomic mass is 35.5. The van der Waals surface area contributed by atoms with E-state index in [1.807, 2.05) is 30.3 Å². The number of fused-ring (bicyclic) bond motifs is 1. The number of nitrogens with one attached hydrogen (secondary N) is 1. The molecular weight excluding hydrogens is 401 g/mol. The lowest BCUT2D eigenvalue weighted by Gasteiger charge is -2.18. The second kappa shape index (κ2) is 8.36. The van der Waals surface area contributed by atoms with Crippen LogP contribution in [0.2, 0.25) is 5.02 Å². The predicted octanol–water partition coefficient (Wildman–Crippen LogP) is 5.29. The van der Waals surface area contributed by atoms with Crippen molar-refractivity contribution in [1.82, 2.24) is 0 Å². The zero-order valence-electron chi connectivity index (χ0n) is 15.7. The van der Waals surface area contributed by atoms with Crippen LogP contribution in [0.4, 0.5) is 10.1 Å². The highest BCUT2D eigenvalue weighted by molar-refractivity contribution is 6.36. The molecule has 146 valence electrons. The van der Waals surface area contributed by atoms with Crippen molar-refractivity contribution in [2.24, 2.45) is 0 Å². The molecule has 1 heterocycles. The molecular formula is C25H15ClFNO2. The number of hydrogen-bond acceptors (Lipinski definition) is 2. The summed E-state index contributed by atoms with van der Waals surface area (Å²) < 4.78 is 13.7. The summed E-state index contributed by atoms with van der Waals surface area (Å²) in [6, 6.07) is 19.0. The Bertz CT molecular complexity index is 1250. The number of rotatable bonds is 2. The maximum atomic E-state index is 13.7. The molecule has 3 aromatic rings. The zero-order valence-corrected chi connectivity index (χ0v) is 16.5. The van der Waals surface area contributed by atoms with Gasteiger partial charge in [0.15, 0.2) is 0 Å². The Morgan fingerprint density at radius 2 is 1.80 bits per heavy atom. The van der Waals surface area contributed by atoms with Gasteiger partial charge in [0.25, 0.3) is 5.91 Å². The Labute approximate surface area is 178 Å². The van der Waals surface area contributed by atoms with Crippen molar-refractivity contribution in [2.75, 3.05) is 5.32 Å². The molecule has 30 heavy (non-hydrogen) atoms. The minimum absolute atomic E-state index is 0.0272. The Hall–Kier alpha value is -3.68. The van der Waals surface area contributed by atoms with Crippen molar-refractivity contribution in [3.05, 3.63) is 105 Å². The summed E-state index contributed by atoms with van der Waals surface area (Å²) in [6.07, 6.45) is 1.95. The highest BCUT2D eigenvalue weighted by Crippen LogP contribution is 2.28. The molecule has 0 unspecified atom stereocenters. The van der Waals surface area contributed by atoms with Gasteiger partial charge in [-0.05, 0) is 47.5 Å². The summed E-state index contributed by atoms with van der Waals surface area (Å²) >= 11 is 5.69. The molecule has 0 bridgehead atoms. The minimum Gasteiger partial charge on any atom is -0.321 e. The Morgan fingerprint density at radius 1 is 1.00 bits per heavy atom. The SMILES string of the molecule is O=C1Nc2ccc(C#CCc3ccccc3)cc2C(=O)/C1=C\c1ccc(Cl)c(F)c1. The lowest BCUT2D eigenvalue weighted by atomic mass is 9.93. The van der Waals surface area contributed by atoms with Crippen LogP contribution in [0.15, 0.2) is 72.3 Å². The lowest BCUT2D eigenvalue weighted by molar-refractivity contribution is -0.112. The number of anilines is 1. The minimum atomic E-state index is -0.619.